The van der Waals surface area contributed by atoms with Crippen LogP contribution in [0.1, 0.15) is 50.5 Å². The SMILES string of the molecule is Cc1ccc(-c2nnc(CCC(=O)N3CCC(C(=O)N4CCCC(C)C4)CC3)o2)cc1. The highest BCUT2D eigenvalue weighted by Crippen LogP contribution is 2.24. The van der Waals surface area contributed by atoms with Crippen LogP contribution in [0.4, 0.5) is 0 Å². The van der Waals surface area contributed by atoms with E-state index in [-0.39, 0.29) is 17.7 Å². The van der Waals surface area contributed by atoms with E-state index >= 15 is 0 Å². The van der Waals surface area contributed by atoms with Gasteiger partial charge in [0.2, 0.25) is 23.6 Å². The zero-order chi connectivity index (χ0) is 21.8. The highest BCUT2D eigenvalue weighted by Gasteiger charge is 2.31. The van der Waals surface area contributed by atoms with Crippen LogP contribution in [0.5, 0.6) is 0 Å². The molecule has 0 saturated carbocycles. The molecule has 1 atom stereocenters. The minimum absolute atomic E-state index is 0.0577. The normalized spacial score (nSPS) is 20.1. The maximum absolute atomic E-state index is 12.8. The van der Waals surface area contributed by atoms with Crippen molar-refractivity contribution < 1.29 is 14.0 Å². The van der Waals surface area contributed by atoms with Gasteiger partial charge in [-0.25, -0.2) is 0 Å². The van der Waals surface area contributed by atoms with Crippen LogP contribution in [0.25, 0.3) is 11.5 Å². The van der Waals surface area contributed by atoms with Crippen molar-refractivity contribution in [2.45, 2.75) is 52.4 Å². The highest BCUT2D eigenvalue weighted by atomic mass is 16.4. The van der Waals surface area contributed by atoms with Crippen molar-refractivity contribution in [2.75, 3.05) is 26.2 Å². The Morgan fingerprint density at radius 3 is 2.48 bits per heavy atom. The lowest BCUT2D eigenvalue weighted by Crippen LogP contribution is -2.47. The van der Waals surface area contributed by atoms with Crippen LogP contribution < -0.4 is 0 Å². The molecule has 0 spiro atoms. The molecular formula is C24H32N4O3. The summed E-state index contributed by atoms with van der Waals surface area (Å²) >= 11 is 0. The van der Waals surface area contributed by atoms with Crippen molar-refractivity contribution in [1.29, 1.82) is 0 Å². The Kier molecular flexibility index (Phi) is 6.68. The Bertz CT molecular complexity index is 900. The number of hydrogen-bond acceptors (Lipinski definition) is 5. The first-order valence-electron chi connectivity index (χ1n) is 11.5. The second kappa shape index (κ2) is 9.62. The molecule has 2 aliphatic rings. The van der Waals surface area contributed by atoms with E-state index in [1.807, 2.05) is 41.0 Å². The van der Waals surface area contributed by atoms with Crippen molar-refractivity contribution in [1.82, 2.24) is 20.0 Å². The summed E-state index contributed by atoms with van der Waals surface area (Å²) < 4.78 is 5.73. The quantitative estimate of drug-likeness (QED) is 0.734. The van der Waals surface area contributed by atoms with Gasteiger partial charge >= 0.3 is 0 Å². The second-order valence-corrected chi connectivity index (χ2v) is 9.05. The molecule has 166 valence electrons. The van der Waals surface area contributed by atoms with Crippen molar-refractivity contribution in [3.63, 3.8) is 0 Å². The fourth-order valence-electron chi connectivity index (χ4n) is 4.56. The van der Waals surface area contributed by atoms with E-state index in [1.165, 1.54) is 12.0 Å². The Balaban J connectivity index is 1.23. The summed E-state index contributed by atoms with van der Waals surface area (Å²) in [6.07, 6.45) is 4.61. The van der Waals surface area contributed by atoms with Crippen molar-refractivity contribution >= 4 is 11.8 Å². The third-order valence-electron chi connectivity index (χ3n) is 6.48. The van der Waals surface area contributed by atoms with Gasteiger partial charge in [-0.2, -0.15) is 0 Å². The van der Waals surface area contributed by atoms with E-state index < -0.39 is 0 Å². The molecule has 4 rings (SSSR count). The predicted molar refractivity (Wildman–Crippen MR) is 117 cm³/mol. The van der Waals surface area contributed by atoms with Gasteiger partial charge in [-0.3, -0.25) is 9.59 Å². The Labute approximate surface area is 183 Å². The molecule has 1 aromatic heterocycles. The number of carbonyl (C=O) groups is 2. The number of nitrogens with zero attached hydrogens (tertiary/aromatic N) is 4. The second-order valence-electron chi connectivity index (χ2n) is 9.05. The first kappa shape index (κ1) is 21.5. The molecule has 0 N–H and O–H groups in total. The molecule has 0 aliphatic carbocycles. The van der Waals surface area contributed by atoms with E-state index in [2.05, 4.69) is 17.1 Å². The zero-order valence-corrected chi connectivity index (χ0v) is 18.5. The lowest BCUT2D eigenvalue weighted by atomic mass is 9.92. The third kappa shape index (κ3) is 5.32. The molecule has 7 nitrogen and oxygen atoms in total. The van der Waals surface area contributed by atoms with Crippen molar-refractivity contribution in [2.24, 2.45) is 11.8 Å². The molecule has 0 radical (unpaired) electrons. The average molecular weight is 425 g/mol. The van der Waals surface area contributed by atoms with Crippen LogP contribution in [-0.4, -0.2) is 58.0 Å². The van der Waals surface area contributed by atoms with Gasteiger partial charge < -0.3 is 14.2 Å². The summed E-state index contributed by atoms with van der Waals surface area (Å²) in [4.78, 5) is 29.4. The van der Waals surface area contributed by atoms with Crippen molar-refractivity contribution in [3.8, 4) is 11.5 Å². The van der Waals surface area contributed by atoms with E-state index in [0.717, 1.165) is 37.9 Å². The van der Waals surface area contributed by atoms with Gasteiger partial charge in [-0.15, -0.1) is 10.2 Å². The van der Waals surface area contributed by atoms with Gasteiger partial charge in [-0.1, -0.05) is 24.6 Å². The van der Waals surface area contributed by atoms with Crippen LogP contribution in [0.15, 0.2) is 28.7 Å². The summed E-state index contributed by atoms with van der Waals surface area (Å²) in [5.41, 5.74) is 2.05. The number of hydrogen-bond donors (Lipinski definition) is 0. The summed E-state index contributed by atoms with van der Waals surface area (Å²) in [5.74, 6) is 1.99. The van der Waals surface area contributed by atoms with Crippen LogP contribution in [0, 0.1) is 18.8 Å². The van der Waals surface area contributed by atoms with Crippen LogP contribution in [0.3, 0.4) is 0 Å². The molecule has 3 heterocycles. The number of carbonyl (C=O) groups excluding carboxylic acids is 2. The Morgan fingerprint density at radius 2 is 1.77 bits per heavy atom. The number of piperidine rings is 2. The Hall–Kier alpha value is -2.70. The fourth-order valence-corrected chi connectivity index (χ4v) is 4.56. The fraction of sp³-hybridized carbons (Fsp3) is 0.583. The van der Waals surface area contributed by atoms with E-state index in [9.17, 15) is 9.59 Å². The molecule has 2 aliphatic heterocycles. The summed E-state index contributed by atoms with van der Waals surface area (Å²) in [5, 5.41) is 8.19. The van der Waals surface area contributed by atoms with Gasteiger partial charge in [0, 0.05) is 50.5 Å². The van der Waals surface area contributed by atoms with E-state index in [4.69, 9.17) is 4.42 Å². The van der Waals surface area contributed by atoms with Gasteiger partial charge in [-0.05, 0) is 50.7 Å². The monoisotopic (exact) mass is 424 g/mol. The van der Waals surface area contributed by atoms with Crippen LogP contribution in [0.2, 0.25) is 0 Å². The summed E-state index contributed by atoms with van der Waals surface area (Å²) in [6.45, 7) is 7.31. The topological polar surface area (TPSA) is 79.5 Å². The first-order chi connectivity index (χ1) is 15.0. The van der Waals surface area contributed by atoms with E-state index in [0.29, 0.717) is 43.6 Å². The maximum atomic E-state index is 12.8. The molecule has 1 unspecified atom stereocenters. The highest BCUT2D eigenvalue weighted by molar-refractivity contribution is 5.80. The number of aryl methyl sites for hydroxylation is 2. The minimum atomic E-state index is 0.0577. The Morgan fingerprint density at radius 1 is 1.03 bits per heavy atom. The molecule has 2 amide bonds. The van der Waals surface area contributed by atoms with Gasteiger partial charge in [0.05, 0.1) is 0 Å². The standard InChI is InChI=1S/C24H32N4O3/c1-17-5-7-19(8-6-17)23-26-25-21(31-23)9-10-22(29)27-14-11-20(12-15-27)24(30)28-13-3-4-18(2)16-28/h5-8,18,20H,3-4,9-16H2,1-2H3. The van der Waals surface area contributed by atoms with Crippen molar-refractivity contribution in [3.05, 3.63) is 35.7 Å². The molecule has 2 aromatic rings. The van der Waals surface area contributed by atoms with Crippen LogP contribution in [-0.2, 0) is 16.0 Å². The molecule has 2 saturated heterocycles. The number of rotatable bonds is 5. The maximum Gasteiger partial charge on any atom is 0.247 e. The minimum Gasteiger partial charge on any atom is -0.421 e. The predicted octanol–water partition coefficient (Wildman–Crippen LogP) is 3.47. The molecule has 0 bridgehead atoms. The van der Waals surface area contributed by atoms with Crippen LogP contribution >= 0.6 is 0 Å². The summed E-state index contributed by atoms with van der Waals surface area (Å²) in [7, 11) is 0. The lowest BCUT2D eigenvalue weighted by molar-refractivity contribution is -0.142. The number of amides is 2. The molecule has 2 fully saturated rings. The lowest BCUT2D eigenvalue weighted by Gasteiger charge is -2.37. The van der Waals surface area contributed by atoms with Gasteiger partial charge in [0.1, 0.15) is 0 Å². The largest absolute Gasteiger partial charge is 0.421 e. The number of likely N-dealkylation sites (tertiary alicyclic amines) is 2. The molecular weight excluding hydrogens is 392 g/mol. The number of benzene rings is 1. The zero-order valence-electron chi connectivity index (χ0n) is 18.5. The van der Waals surface area contributed by atoms with E-state index in [1.54, 1.807) is 0 Å². The van der Waals surface area contributed by atoms with Gasteiger partial charge in [0.15, 0.2) is 0 Å². The van der Waals surface area contributed by atoms with Gasteiger partial charge in [0.25, 0.3) is 0 Å². The molecule has 31 heavy (non-hydrogen) atoms. The first-order valence-corrected chi connectivity index (χ1v) is 11.5. The average Bonchev–Trinajstić information content (AvgIpc) is 3.26. The third-order valence-corrected chi connectivity index (χ3v) is 6.48. The number of aromatic nitrogens is 2. The smallest absolute Gasteiger partial charge is 0.247 e. The molecule has 1 aromatic carbocycles. The summed E-state index contributed by atoms with van der Waals surface area (Å²) in [6, 6.07) is 7.91. The molecule has 7 heteroatoms.